The summed E-state index contributed by atoms with van der Waals surface area (Å²) in [7, 11) is 8.74. The molecule has 15 rings (SSSR count). The standard InChI is InChI=1S/C21H19N3O2.C20H19N3O.C14H11IN2.C7H7Br.C7H5IN2.C7H8NO2.3C4H9.Sn/c1-23-18(12-13-19(23)21(25)26-2)20-16-10-6-7-11-17(16)24(22-20)14-15-8-4-3-5-9-15;1-22-16(14-24)11-12-19(22)20-17-9-5-6-10-18(17)23(21-20)13-15-7-3-2-4-8-15;15-14-12-8-4-5-9-13(12)17(16-14)10-11-6-2-1-3-7-11;8-6-7-4-2-1-3-5-7;8-7-5-3-1-2-4-6(5)9-10-7;1-8-5-3-4-6(8)7(9)10-2;3*1-3-4-2;/h3-13H,14H2,1-2H3;2-12,24H,13-14H2,1H3;1-9H,10H2;1-5H,6H2;1-4H,(H,9,10);3-4H,1-2H3;3*1,3-4H2,2H3;. The molecule has 108 heavy (non-hydrogen) atoms. The average molecular weight is 1840 g/mol. The molecule has 0 aliphatic heterocycles. The van der Waals surface area contributed by atoms with E-state index < -0.39 is 18.4 Å². The number of alkyl halides is 1. The van der Waals surface area contributed by atoms with Gasteiger partial charge >= 0.3 is 153 Å². The fraction of sp³-hybridized carbons (Fsp3) is 0.250. The van der Waals surface area contributed by atoms with Crippen molar-refractivity contribution in [3.8, 4) is 22.8 Å². The summed E-state index contributed by atoms with van der Waals surface area (Å²) in [6, 6.07) is 86.0. The van der Waals surface area contributed by atoms with Crippen LogP contribution in [0.1, 0.15) is 108 Å². The fourth-order valence-electron chi connectivity index (χ4n) is 13.5. The Bertz CT molecular complexity index is 5280. The summed E-state index contributed by atoms with van der Waals surface area (Å²) in [5.74, 6) is -0.563. The zero-order valence-electron chi connectivity index (χ0n) is 62.8. The Morgan fingerprint density at radius 3 is 1.25 bits per heavy atom. The van der Waals surface area contributed by atoms with Gasteiger partial charge in [0.25, 0.3) is 0 Å². The number of aromatic amines is 1. The summed E-state index contributed by atoms with van der Waals surface area (Å²) < 4.78 is 29.9. The molecular formula is C88H96BrI2N11O5Sn. The molecule has 8 aromatic carbocycles. The quantitative estimate of drug-likeness (QED) is 0.0290. The van der Waals surface area contributed by atoms with Gasteiger partial charge in [0.15, 0.2) is 0 Å². The van der Waals surface area contributed by atoms with Crippen molar-refractivity contribution in [3.05, 3.63) is 302 Å². The Morgan fingerprint density at radius 1 is 0.444 bits per heavy atom. The topological polar surface area (TPSA) is 170 Å². The van der Waals surface area contributed by atoms with Crippen molar-refractivity contribution in [2.75, 3.05) is 14.2 Å². The summed E-state index contributed by atoms with van der Waals surface area (Å²) in [6.45, 7) is 9.15. The number of nitrogens with one attached hydrogen (secondary N) is 1. The zero-order chi connectivity index (χ0) is 76.4. The first kappa shape index (κ1) is 81.6. The molecule has 0 radical (unpaired) electrons. The molecule has 0 aliphatic carbocycles. The molecule has 0 amide bonds. The molecule has 0 spiro atoms. The Balaban J connectivity index is 0.000000143. The minimum atomic E-state index is -2.46. The number of halogens is 3. The Hall–Kier alpha value is -8.88. The SMILES string of the molecule is BrCc1ccccc1.CCC[CH2][Sn]([CH2]CCC)([CH2]CCC)[c]1ccc(C(=O)OC)n1C.COC(=O)c1ccc(-c2nn(Cc3ccccc3)c3ccccc23)n1C.Cn1c(CO)ccc1-c1nn(Cc2ccccc2)c2ccccc12.Ic1[nH]nc2ccccc12.Ic1nn(Cc2ccccc2)c2ccccc12. The van der Waals surface area contributed by atoms with E-state index in [4.69, 9.17) is 19.7 Å². The summed E-state index contributed by atoms with van der Waals surface area (Å²) in [5, 5.41) is 36.3. The summed E-state index contributed by atoms with van der Waals surface area (Å²) in [6.07, 6.45) is 7.81. The molecule has 0 saturated carbocycles. The monoisotopic (exact) mass is 1840 g/mol. The number of nitrogens with zero attached hydrogens (tertiary/aromatic N) is 10. The van der Waals surface area contributed by atoms with Crippen molar-refractivity contribution in [3.63, 3.8) is 0 Å². The third-order valence-corrected chi connectivity index (χ3v) is 37.4. The molecule has 0 aliphatic rings. The van der Waals surface area contributed by atoms with Gasteiger partial charge in [-0.15, -0.1) is 0 Å². The molecule has 15 aromatic rings. The Labute approximate surface area is 673 Å². The van der Waals surface area contributed by atoms with Crippen molar-refractivity contribution >= 4 is 139 Å². The first-order valence-electron chi connectivity index (χ1n) is 36.7. The predicted octanol–water partition coefficient (Wildman–Crippen LogP) is 20.8. The van der Waals surface area contributed by atoms with Crippen LogP contribution < -0.4 is 3.71 Å². The van der Waals surface area contributed by atoms with E-state index in [2.05, 4.69) is 235 Å². The number of esters is 2. The molecule has 0 unspecified atom stereocenters. The molecular weight excluding hydrogens is 1740 g/mol. The van der Waals surface area contributed by atoms with E-state index in [1.807, 2.05) is 160 Å². The maximum Gasteiger partial charge on any atom is 0.354 e. The maximum atomic E-state index is 12.0. The third-order valence-electron chi connectivity index (χ3n) is 19.3. The van der Waals surface area contributed by atoms with Gasteiger partial charge in [-0.25, -0.2) is 4.79 Å². The van der Waals surface area contributed by atoms with E-state index in [1.54, 1.807) is 6.07 Å². The molecule has 0 atom stereocenters. The van der Waals surface area contributed by atoms with Crippen LogP contribution >= 0.6 is 61.1 Å². The van der Waals surface area contributed by atoms with Crippen LogP contribution in [-0.4, -0.2) is 103 Å². The Morgan fingerprint density at radius 2 is 0.824 bits per heavy atom. The van der Waals surface area contributed by atoms with Gasteiger partial charge in [-0.2, -0.15) is 20.4 Å². The van der Waals surface area contributed by atoms with Crippen LogP contribution in [0.5, 0.6) is 0 Å². The van der Waals surface area contributed by atoms with Crippen LogP contribution in [0.3, 0.4) is 0 Å². The number of carbonyl (C=O) groups excluding carboxylic acids is 2. The van der Waals surface area contributed by atoms with Crippen molar-refractivity contribution in [2.45, 2.75) is 104 Å². The molecule has 7 heterocycles. The minimum absolute atomic E-state index is 0.0269. The molecule has 0 saturated heterocycles. The number of rotatable bonds is 22. The van der Waals surface area contributed by atoms with Crippen molar-refractivity contribution in [2.24, 2.45) is 21.1 Å². The van der Waals surface area contributed by atoms with E-state index in [1.165, 1.54) is 108 Å². The number of H-pyrrole nitrogens is 1. The van der Waals surface area contributed by atoms with E-state index in [0.717, 1.165) is 81.6 Å². The van der Waals surface area contributed by atoms with Gasteiger partial charge in [-0.1, -0.05) is 210 Å². The molecule has 0 bridgehead atoms. The molecule has 0 fully saturated rings. The predicted molar refractivity (Wildman–Crippen MR) is 464 cm³/mol. The van der Waals surface area contributed by atoms with Crippen LogP contribution in [0.2, 0.25) is 13.3 Å². The van der Waals surface area contributed by atoms with Gasteiger partial charge in [0.05, 0.1) is 66.8 Å². The zero-order valence-corrected chi connectivity index (χ0v) is 71.6. The van der Waals surface area contributed by atoms with Gasteiger partial charge in [0.2, 0.25) is 0 Å². The number of aliphatic hydroxyl groups is 1. The largest absolute Gasteiger partial charge is 0.464 e. The number of para-hydroxylation sites is 4. The molecule has 558 valence electrons. The number of fused-ring (bicyclic) bond motifs is 4. The number of hydrogen-bond donors (Lipinski definition) is 2. The number of methoxy groups -OCH3 is 2. The number of hydrogen-bond acceptors (Lipinski definition) is 9. The van der Waals surface area contributed by atoms with Gasteiger partial charge in [-0.05, 0) is 116 Å². The number of ether oxygens (including phenoxy) is 2. The minimum Gasteiger partial charge on any atom is -0.464 e. The van der Waals surface area contributed by atoms with Crippen LogP contribution in [0, 0.1) is 7.40 Å². The second-order valence-corrected chi connectivity index (χ2v) is 42.2. The molecule has 16 nitrogen and oxygen atoms in total. The number of unbranched alkanes of at least 4 members (excludes halogenated alkanes) is 3. The van der Waals surface area contributed by atoms with E-state index in [0.29, 0.717) is 17.9 Å². The van der Waals surface area contributed by atoms with Crippen LogP contribution in [-0.2, 0) is 62.2 Å². The van der Waals surface area contributed by atoms with Gasteiger partial charge in [0, 0.05) is 46.7 Å². The number of benzene rings is 8. The summed E-state index contributed by atoms with van der Waals surface area (Å²) >= 11 is 5.42. The van der Waals surface area contributed by atoms with Crippen LogP contribution in [0.4, 0.5) is 0 Å². The van der Waals surface area contributed by atoms with E-state index in [9.17, 15) is 14.7 Å². The first-order chi connectivity index (χ1) is 52.7. The first-order valence-corrected chi connectivity index (χ1v) is 47.5. The number of carbonyl (C=O) groups is 2. The number of aromatic nitrogens is 11. The normalized spacial score (nSPS) is 11.0. The molecule has 2 N–H and O–H groups in total. The number of aliphatic hydroxyl groups excluding tert-OH is 1. The second-order valence-electron chi connectivity index (χ2n) is 26.5. The van der Waals surface area contributed by atoms with Crippen molar-refractivity contribution < 1.29 is 24.2 Å². The van der Waals surface area contributed by atoms with E-state index in [-0.39, 0.29) is 18.5 Å². The smallest absolute Gasteiger partial charge is 0.354 e. The van der Waals surface area contributed by atoms with Crippen LogP contribution in [0.15, 0.2) is 255 Å². The van der Waals surface area contributed by atoms with Gasteiger partial charge < -0.3 is 19.0 Å². The third kappa shape index (κ3) is 20.7. The fourth-order valence-corrected chi connectivity index (χ4v) is 32.0. The van der Waals surface area contributed by atoms with Gasteiger partial charge in [0.1, 0.15) is 24.5 Å². The summed E-state index contributed by atoms with van der Waals surface area (Å²) in [5.41, 5.74) is 15.2. The van der Waals surface area contributed by atoms with E-state index >= 15 is 0 Å². The van der Waals surface area contributed by atoms with Crippen LogP contribution in [0.25, 0.3) is 66.4 Å². The molecule has 20 heteroatoms. The Kier molecular flexibility index (Phi) is 31.0. The summed E-state index contributed by atoms with van der Waals surface area (Å²) in [4.78, 5) is 23.9. The average Bonchev–Trinajstić information content (AvgIpc) is 1.64. The van der Waals surface area contributed by atoms with Gasteiger partial charge in [-0.3, -0.25) is 19.1 Å². The van der Waals surface area contributed by atoms with Crippen molar-refractivity contribution in [1.82, 2.24) is 53.2 Å². The van der Waals surface area contributed by atoms with Crippen molar-refractivity contribution in [1.29, 1.82) is 0 Å². The maximum absolute atomic E-state index is 12.0. The second kappa shape index (κ2) is 41.1. The molecule has 7 aromatic heterocycles.